The number of amides is 1. The summed E-state index contributed by atoms with van der Waals surface area (Å²) >= 11 is 0. The molecule has 0 saturated carbocycles. The smallest absolute Gasteiger partial charge is 0.303 e. The van der Waals surface area contributed by atoms with Crippen molar-refractivity contribution in [2.45, 2.75) is 25.7 Å². The molecule has 5 nitrogen and oxygen atoms in total. The third-order valence-corrected chi connectivity index (χ3v) is 3.00. The highest BCUT2D eigenvalue weighted by molar-refractivity contribution is 5.94. The molecule has 5 heteroatoms. The van der Waals surface area contributed by atoms with Gasteiger partial charge in [0.05, 0.1) is 0 Å². The molecule has 110 valence electrons. The summed E-state index contributed by atoms with van der Waals surface area (Å²) in [5.74, 6) is -0.858. The maximum Gasteiger partial charge on any atom is 0.303 e. The van der Waals surface area contributed by atoms with Crippen molar-refractivity contribution < 1.29 is 14.7 Å². The minimum Gasteiger partial charge on any atom is -0.481 e. The molecule has 1 aromatic rings. The zero-order chi connectivity index (χ0) is 15.0. The third-order valence-electron chi connectivity index (χ3n) is 3.00. The second kappa shape index (κ2) is 8.19. The predicted octanol–water partition coefficient (Wildman–Crippen LogP) is 2.13. The van der Waals surface area contributed by atoms with E-state index in [9.17, 15) is 9.59 Å². The van der Waals surface area contributed by atoms with Crippen molar-refractivity contribution in [3.63, 3.8) is 0 Å². The highest BCUT2D eigenvalue weighted by Crippen LogP contribution is 2.12. The first-order chi connectivity index (χ1) is 9.50. The van der Waals surface area contributed by atoms with Crippen LogP contribution in [0.5, 0.6) is 0 Å². The quantitative estimate of drug-likeness (QED) is 0.715. The SMILES string of the molecule is CN(C)c1ccc(C(=O)NCCCCCC(=O)O)cc1. The number of anilines is 1. The standard InChI is InChI=1S/C15H22N2O3/c1-17(2)13-9-7-12(8-10-13)15(20)16-11-5-3-4-6-14(18)19/h7-10H,3-6,11H2,1-2H3,(H,16,20)(H,18,19). The second-order valence-electron chi connectivity index (χ2n) is 4.90. The van der Waals surface area contributed by atoms with E-state index in [1.54, 1.807) is 12.1 Å². The molecule has 0 bridgehead atoms. The van der Waals surface area contributed by atoms with Gasteiger partial charge in [0.15, 0.2) is 0 Å². The number of carbonyl (C=O) groups excluding carboxylic acids is 1. The molecule has 0 unspecified atom stereocenters. The Balaban J connectivity index is 2.27. The molecule has 0 aliphatic heterocycles. The van der Waals surface area contributed by atoms with Gasteiger partial charge in [-0.2, -0.15) is 0 Å². The Kier molecular flexibility index (Phi) is 6.56. The van der Waals surface area contributed by atoms with Crippen LogP contribution in [0.3, 0.4) is 0 Å². The average Bonchev–Trinajstić information content (AvgIpc) is 2.42. The van der Waals surface area contributed by atoms with E-state index in [1.165, 1.54) is 0 Å². The van der Waals surface area contributed by atoms with Crippen LogP contribution in [0.15, 0.2) is 24.3 Å². The van der Waals surface area contributed by atoms with E-state index in [-0.39, 0.29) is 12.3 Å². The molecule has 0 fully saturated rings. The average molecular weight is 278 g/mol. The van der Waals surface area contributed by atoms with Gasteiger partial charge in [0.25, 0.3) is 5.91 Å². The van der Waals surface area contributed by atoms with E-state index < -0.39 is 5.97 Å². The van der Waals surface area contributed by atoms with Crippen molar-refractivity contribution in [1.29, 1.82) is 0 Å². The van der Waals surface area contributed by atoms with Gasteiger partial charge in [-0.05, 0) is 37.1 Å². The van der Waals surface area contributed by atoms with Crippen LogP contribution in [-0.4, -0.2) is 37.6 Å². The van der Waals surface area contributed by atoms with Crippen molar-refractivity contribution in [3.8, 4) is 0 Å². The minimum absolute atomic E-state index is 0.0893. The summed E-state index contributed by atoms with van der Waals surface area (Å²) < 4.78 is 0. The summed E-state index contributed by atoms with van der Waals surface area (Å²) in [6.07, 6.45) is 2.46. The van der Waals surface area contributed by atoms with Crippen molar-refractivity contribution in [1.82, 2.24) is 5.32 Å². The largest absolute Gasteiger partial charge is 0.481 e. The zero-order valence-corrected chi connectivity index (χ0v) is 12.1. The number of hydrogen-bond acceptors (Lipinski definition) is 3. The monoisotopic (exact) mass is 278 g/mol. The highest BCUT2D eigenvalue weighted by atomic mass is 16.4. The molecule has 0 aliphatic carbocycles. The summed E-state index contributed by atoms with van der Waals surface area (Å²) in [6, 6.07) is 7.41. The van der Waals surface area contributed by atoms with Crippen LogP contribution in [-0.2, 0) is 4.79 Å². The first-order valence-corrected chi connectivity index (χ1v) is 6.78. The maximum absolute atomic E-state index is 11.8. The fraction of sp³-hybridized carbons (Fsp3) is 0.467. The number of benzene rings is 1. The molecule has 0 saturated heterocycles. The van der Waals surface area contributed by atoms with Gasteiger partial charge in [-0.25, -0.2) is 0 Å². The van der Waals surface area contributed by atoms with Crippen LogP contribution in [0.25, 0.3) is 0 Å². The first kappa shape index (κ1) is 16.0. The molecular weight excluding hydrogens is 256 g/mol. The van der Waals surface area contributed by atoms with E-state index in [4.69, 9.17) is 5.11 Å². The molecule has 1 rings (SSSR count). The number of aliphatic carboxylic acids is 1. The Morgan fingerprint density at radius 1 is 1.10 bits per heavy atom. The van der Waals surface area contributed by atoms with Gasteiger partial charge < -0.3 is 15.3 Å². The van der Waals surface area contributed by atoms with Gasteiger partial charge in [-0.1, -0.05) is 6.42 Å². The first-order valence-electron chi connectivity index (χ1n) is 6.78. The van der Waals surface area contributed by atoms with Gasteiger partial charge in [0.1, 0.15) is 0 Å². The zero-order valence-electron chi connectivity index (χ0n) is 12.1. The lowest BCUT2D eigenvalue weighted by atomic mass is 10.1. The van der Waals surface area contributed by atoms with Crippen molar-refractivity contribution in [2.24, 2.45) is 0 Å². The fourth-order valence-corrected chi connectivity index (χ4v) is 1.79. The molecule has 0 atom stereocenters. The van der Waals surface area contributed by atoms with E-state index in [1.807, 2.05) is 31.1 Å². The van der Waals surface area contributed by atoms with Gasteiger partial charge in [0.2, 0.25) is 0 Å². The maximum atomic E-state index is 11.8. The number of rotatable bonds is 8. The summed E-state index contributed by atoms with van der Waals surface area (Å²) in [5, 5.41) is 11.3. The van der Waals surface area contributed by atoms with Crippen molar-refractivity contribution in [3.05, 3.63) is 29.8 Å². The number of nitrogens with zero attached hydrogens (tertiary/aromatic N) is 1. The highest BCUT2D eigenvalue weighted by Gasteiger charge is 2.05. The molecule has 0 spiro atoms. The fourth-order valence-electron chi connectivity index (χ4n) is 1.79. The Labute approximate surface area is 119 Å². The van der Waals surface area contributed by atoms with Gasteiger partial charge in [-0.3, -0.25) is 9.59 Å². The Morgan fingerprint density at radius 2 is 1.75 bits per heavy atom. The van der Waals surface area contributed by atoms with E-state index in [2.05, 4.69) is 5.32 Å². The van der Waals surface area contributed by atoms with Crippen molar-refractivity contribution in [2.75, 3.05) is 25.5 Å². The van der Waals surface area contributed by atoms with E-state index >= 15 is 0 Å². The molecule has 0 radical (unpaired) electrons. The molecule has 0 aromatic heterocycles. The Morgan fingerprint density at radius 3 is 2.30 bits per heavy atom. The Bertz CT molecular complexity index is 441. The Hall–Kier alpha value is -2.04. The molecule has 1 amide bonds. The molecule has 20 heavy (non-hydrogen) atoms. The summed E-state index contributed by atoms with van der Waals surface area (Å²) in [7, 11) is 3.90. The van der Waals surface area contributed by atoms with Crippen LogP contribution >= 0.6 is 0 Å². The molecule has 1 aromatic carbocycles. The van der Waals surface area contributed by atoms with Crippen LogP contribution in [0.1, 0.15) is 36.0 Å². The van der Waals surface area contributed by atoms with Crippen LogP contribution in [0.4, 0.5) is 5.69 Å². The lowest BCUT2D eigenvalue weighted by molar-refractivity contribution is -0.137. The topological polar surface area (TPSA) is 69.6 Å². The molecular formula is C15H22N2O3. The van der Waals surface area contributed by atoms with Crippen LogP contribution in [0, 0.1) is 0 Å². The van der Waals surface area contributed by atoms with Gasteiger partial charge in [0, 0.05) is 38.3 Å². The third kappa shape index (κ3) is 5.73. The number of carboxylic acids is 1. The molecule has 2 N–H and O–H groups in total. The lowest BCUT2D eigenvalue weighted by Crippen LogP contribution is -2.24. The normalized spacial score (nSPS) is 10.1. The van der Waals surface area contributed by atoms with E-state index in [0.29, 0.717) is 18.5 Å². The summed E-state index contributed by atoms with van der Waals surface area (Å²) in [4.78, 5) is 24.2. The van der Waals surface area contributed by atoms with Gasteiger partial charge in [-0.15, -0.1) is 0 Å². The molecule has 0 heterocycles. The second-order valence-corrected chi connectivity index (χ2v) is 4.90. The number of carbonyl (C=O) groups is 2. The van der Waals surface area contributed by atoms with Gasteiger partial charge >= 0.3 is 5.97 Å². The van der Waals surface area contributed by atoms with Crippen molar-refractivity contribution >= 4 is 17.6 Å². The lowest BCUT2D eigenvalue weighted by Gasteiger charge is -2.12. The van der Waals surface area contributed by atoms with E-state index in [0.717, 1.165) is 18.5 Å². The number of carboxylic acid groups (broad SMARTS) is 1. The number of hydrogen-bond donors (Lipinski definition) is 2. The predicted molar refractivity (Wildman–Crippen MR) is 79.2 cm³/mol. The number of nitrogens with one attached hydrogen (secondary N) is 1. The molecule has 0 aliphatic rings. The van der Waals surface area contributed by atoms with Crippen LogP contribution in [0.2, 0.25) is 0 Å². The minimum atomic E-state index is -0.769. The number of unbranched alkanes of at least 4 members (excludes halogenated alkanes) is 2. The summed E-state index contributed by atoms with van der Waals surface area (Å²) in [5.41, 5.74) is 1.69. The summed E-state index contributed by atoms with van der Waals surface area (Å²) in [6.45, 7) is 0.577. The van der Waals surface area contributed by atoms with Crippen LogP contribution < -0.4 is 10.2 Å².